The van der Waals surface area contributed by atoms with E-state index < -0.39 is 5.09 Å². The van der Waals surface area contributed by atoms with Crippen LogP contribution in [-0.4, -0.2) is 56.4 Å². The molecular weight excluding hydrogens is 824 g/mol. The molecule has 2 rings (SSSR count). The summed E-state index contributed by atoms with van der Waals surface area (Å²) in [6, 6.07) is -0.319. The molecule has 12 nitrogen and oxygen atoms in total. The normalized spacial score (nSPS) is 24.4. The molecule has 13 N–H and O–H groups in total. The first-order valence-electron chi connectivity index (χ1n) is 7.02. The molecule has 0 aromatic rings. The summed E-state index contributed by atoms with van der Waals surface area (Å²) in [7, 11) is 0. The molecule has 2 aliphatic rings. The van der Waals surface area contributed by atoms with Crippen molar-refractivity contribution in [2.45, 2.75) is 75.5 Å². The summed E-state index contributed by atoms with van der Waals surface area (Å²) in [5, 5.41) is 13.6. The Kier molecular flexibility index (Phi) is 59.9. The molecule has 27 heavy (non-hydrogen) atoms. The Bertz CT molecular complexity index is 249. The van der Waals surface area contributed by atoms with Gasteiger partial charge >= 0.3 is 42.1 Å². The number of nitrogens with one attached hydrogen (secondary N) is 4. The van der Waals surface area contributed by atoms with Gasteiger partial charge < -0.3 is 50.0 Å². The van der Waals surface area contributed by atoms with Crippen molar-refractivity contribution >= 4 is 0 Å². The molecule has 0 spiro atoms. The van der Waals surface area contributed by atoms with E-state index >= 15 is 0 Å². The largest absolute Gasteiger partial charge is 2.00 e. The van der Waals surface area contributed by atoms with Crippen LogP contribution in [0.3, 0.4) is 0 Å². The molecule has 1 radical (unpaired) electrons. The van der Waals surface area contributed by atoms with Crippen molar-refractivity contribution in [2.75, 3.05) is 0 Å². The number of rotatable bonds is 0. The maximum Gasteiger partial charge on any atom is 2.00 e. The third kappa shape index (κ3) is 31.9. The summed E-state index contributed by atoms with van der Waals surface area (Å²) in [4.78, 5) is 8.36. The second-order valence-corrected chi connectivity index (χ2v) is 5.23. The fourth-order valence-corrected chi connectivity index (χ4v) is 2.26. The zero-order chi connectivity index (χ0) is 15.5. The summed E-state index contributed by atoms with van der Waals surface area (Å²) in [6.07, 6.45) is 8.49. The Morgan fingerprint density at radius 3 is 0.852 bits per heavy atom. The maximum absolute atomic E-state index is 8.36. The van der Waals surface area contributed by atoms with Crippen molar-refractivity contribution in [2.24, 2.45) is 0 Å². The van der Waals surface area contributed by atoms with Crippen molar-refractivity contribution < 1.29 is 96.7 Å². The van der Waals surface area contributed by atoms with Crippen LogP contribution in [0.4, 0.5) is 0 Å². The minimum absolute atomic E-state index is 0. The Labute approximate surface area is 204 Å². The third-order valence-electron chi connectivity index (χ3n) is 3.53. The number of nitrogens with zero attached hydrogens (tertiary/aromatic N) is 1. The van der Waals surface area contributed by atoms with Gasteiger partial charge in [-0.15, -0.1) is 10.1 Å². The fraction of sp³-hybridized carbons (Fsp3) is 1.00. The summed E-state index contributed by atoms with van der Waals surface area (Å²) in [5.74, 6) is 0. The first kappa shape index (κ1) is 51.0. The molecule has 0 bridgehead atoms. The van der Waals surface area contributed by atoms with Crippen LogP contribution in [0.1, 0.15) is 51.4 Å². The van der Waals surface area contributed by atoms with Gasteiger partial charge in [0.1, 0.15) is 0 Å². The van der Waals surface area contributed by atoms with Gasteiger partial charge in [0.15, 0.2) is 0 Å². The van der Waals surface area contributed by atoms with Gasteiger partial charge in [-0.2, -0.15) is 24.2 Å². The molecule has 0 saturated heterocycles. The molecule has 0 unspecified atom stereocenters. The predicted octanol–water partition coefficient (Wildman–Crippen LogP) is 1.15. The van der Waals surface area contributed by atoms with E-state index in [4.69, 9.17) is 38.3 Å². The molecule has 0 aromatic carbocycles. The number of hydrogen-bond acceptors (Lipinski definition) is 2. The summed E-state index contributed by atoms with van der Waals surface area (Å²) < 4.78 is 0. The van der Waals surface area contributed by atoms with Gasteiger partial charge in [-0.1, -0.05) is 51.4 Å². The Balaban J connectivity index is -0.0000000308. The van der Waals surface area contributed by atoms with Gasteiger partial charge in [0.05, 0.1) is 0 Å². The average Bonchev–Trinajstić information content (AvgIpc) is 2.37. The number of hydrogen-bond donors (Lipinski definition) is 1. The Hall–Kier alpha value is 0.997. The molecule has 179 valence electrons. The standard InChI is InChI=1S/2C6H12N2.Ag.HNO3.4H2O.2Pt/c2*7-5-3-1-2-4-6(5)8;;2-1(3)4;;;;;;/h2*5-8H,1-4H2;;(H,2,3,4);4*1H2;;/q2*-2;;;;;;;2*+2/t2*5-,6-;;;;;;;;/m11......../s1. The maximum atomic E-state index is 8.36. The fourth-order valence-electron chi connectivity index (χ4n) is 2.26. The molecule has 2 aliphatic carbocycles. The van der Waals surface area contributed by atoms with Crippen molar-refractivity contribution in [1.82, 2.24) is 0 Å². The smallest absolute Gasteiger partial charge is 0.676 e. The Morgan fingerprint density at radius 2 is 0.778 bits per heavy atom. The van der Waals surface area contributed by atoms with Gasteiger partial charge in [0.25, 0.3) is 5.09 Å². The monoisotopic (exact) mass is 856 g/mol. The van der Waals surface area contributed by atoms with Crippen LogP contribution in [0.5, 0.6) is 0 Å². The van der Waals surface area contributed by atoms with Gasteiger partial charge in [-0.05, 0) is 0 Å². The average molecular weight is 857 g/mol. The molecule has 0 heterocycles. The molecule has 15 heteroatoms. The van der Waals surface area contributed by atoms with Gasteiger partial charge in [-0.25, -0.2) is 0 Å². The minimum Gasteiger partial charge on any atom is -0.676 e. The van der Waals surface area contributed by atoms with E-state index in [0.717, 1.165) is 25.7 Å². The van der Waals surface area contributed by atoms with Gasteiger partial charge in [0.2, 0.25) is 0 Å². The predicted molar refractivity (Wildman–Crippen MR) is 92.6 cm³/mol. The second kappa shape index (κ2) is 31.7. The quantitative estimate of drug-likeness (QED) is 0.213. The van der Waals surface area contributed by atoms with Crippen LogP contribution in [0, 0.1) is 10.1 Å². The van der Waals surface area contributed by atoms with E-state index in [1.165, 1.54) is 25.7 Å². The van der Waals surface area contributed by atoms with Crippen molar-refractivity contribution in [1.29, 1.82) is 0 Å². The molecule has 2 saturated carbocycles. The zero-order valence-electron chi connectivity index (χ0n) is 14.6. The van der Waals surface area contributed by atoms with E-state index in [0.29, 0.717) is 0 Å². The zero-order valence-corrected chi connectivity index (χ0v) is 20.6. The topological polar surface area (TPSA) is 285 Å². The molecule has 0 aromatic heterocycles. The second-order valence-electron chi connectivity index (χ2n) is 5.23. The molecule has 2 fully saturated rings. The van der Waals surface area contributed by atoms with Crippen LogP contribution in [0.15, 0.2) is 0 Å². The SMILES string of the molecule is O.O.O.O.O=[N+]([O-])O.[Ag].[NH-][C@@H]1CCCC[C@H]1[NH-].[NH-][C@@H]1CCCC[C@H]1[NH-].[Pt+2].[Pt+2]. The van der Waals surface area contributed by atoms with E-state index in [-0.39, 0.29) is 111 Å². The molecular formula is C12H33AgN5O7Pt2. The first-order chi connectivity index (χ1) is 9.34. The van der Waals surface area contributed by atoms with Crippen molar-refractivity contribution in [3.63, 3.8) is 0 Å². The van der Waals surface area contributed by atoms with Crippen molar-refractivity contribution in [3.8, 4) is 0 Å². The summed E-state index contributed by atoms with van der Waals surface area (Å²) in [5.41, 5.74) is 29.2. The van der Waals surface area contributed by atoms with Crippen LogP contribution in [0.25, 0.3) is 22.9 Å². The molecule has 0 aliphatic heterocycles. The van der Waals surface area contributed by atoms with Crippen molar-refractivity contribution in [3.05, 3.63) is 33.0 Å². The third-order valence-corrected chi connectivity index (χ3v) is 3.53. The van der Waals surface area contributed by atoms with Crippen LogP contribution >= 0.6 is 0 Å². The molecule has 0 amide bonds. The summed E-state index contributed by atoms with van der Waals surface area (Å²) >= 11 is 0. The Morgan fingerprint density at radius 1 is 0.667 bits per heavy atom. The van der Waals surface area contributed by atoms with Crippen LogP contribution < -0.4 is 0 Å². The van der Waals surface area contributed by atoms with E-state index in [2.05, 4.69) is 0 Å². The summed E-state index contributed by atoms with van der Waals surface area (Å²) in [6.45, 7) is 0. The van der Waals surface area contributed by atoms with E-state index in [1.807, 2.05) is 0 Å². The first-order valence-corrected chi connectivity index (χ1v) is 7.02. The van der Waals surface area contributed by atoms with Gasteiger partial charge in [-0.3, -0.25) is 0 Å². The minimum atomic E-state index is -1.50. The van der Waals surface area contributed by atoms with E-state index in [1.54, 1.807) is 0 Å². The van der Waals surface area contributed by atoms with E-state index in [9.17, 15) is 0 Å². The van der Waals surface area contributed by atoms with Crippen LogP contribution in [0.2, 0.25) is 0 Å². The molecule has 4 atom stereocenters. The van der Waals surface area contributed by atoms with Gasteiger partial charge in [0, 0.05) is 22.4 Å². The van der Waals surface area contributed by atoms with Crippen LogP contribution in [-0.2, 0) is 64.5 Å².